The van der Waals surface area contributed by atoms with Gasteiger partial charge in [0, 0.05) is 10.3 Å². The van der Waals surface area contributed by atoms with Gasteiger partial charge in [0.2, 0.25) is 0 Å². The van der Waals surface area contributed by atoms with Crippen molar-refractivity contribution in [2.24, 2.45) is 5.84 Å². The Labute approximate surface area is 135 Å². The van der Waals surface area contributed by atoms with Crippen LogP contribution in [0.1, 0.15) is 48.6 Å². The lowest BCUT2D eigenvalue weighted by molar-refractivity contribution is 0.217. The topological polar surface area (TPSA) is 38.0 Å². The standard InChI is InChI=1S/C17H21ClN2S/c18-15-10-9-14(21-15)16(20-19)17(11-5-2-6-12-17)13-7-3-1-4-8-13/h1,3-4,7-10,16,20H,2,5-6,11-12,19H2. The second-order valence-electron chi connectivity index (χ2n) is 5.82. The number of hydrazine groups is 1. The highest BCUT2D eigenvalue weighted by Gasteiger charge is 2.42. The van der Waals surface area contributed by atoms with Crippen molar-refractivity contribution in [1.82, 2.24) is 5.43 Å². The monoisotopic (exact) mass is 320 g/mol. The Morgan fingerprint density at radius 2 is 1.76 bits per heavy atom. The van der Waals surface area contributed by atoms with E-state index in [1.165, 1.54) is 42.5 Å². The van der Waals surface area contributed by atoms with E-state index in [0.717, 1.165) is 4.34 Å². The van der Waals surface area contributed by atoms with Crippen LogP contribution in [0.2, 0.25) is 4.34 Å². The molecule has 2 aromatic rings. The molecule has 1 fully saturated rings. The van der Waals surface area contributed by atoms with E-state index in [4.69, 9.17) is 17.4 Å². The predicted molar refractivity (Wildman–Crippen MR) is 90.6 cm³/mol. The summed E-state index contributed by atoms with van der Waals surface area (Å²) < 4.78 is 0.823. The lowest BCUT2D eigenvalue weighted by atomic mass is 9.64. The third-order valence-corrected chi connectivity index (χ3v) is 5.99. The van der Waals surface area contributed by atoms with E-state index in [2.05, 4.69) is 41.8 Å². The predicted octanol–water partition coefficient (Wildman–Crippen LogP) is 4.81. The summed E-state index contributed by atoms with van der Waals surface area (Å²) in [4.78, 5) is 1.23. The molecule has 1 heterocycles. The summed E-state index contributed by atoms with van der Waals surface area (Å²) in [5.41, 5.74) is 4.55. The van der Waals surface area contributed by atoms with Crippen LogP contribution in [0.5, 0.6) is 0 Å². The second kappa shape index (κ2) is 6.49. The molecule has 112 valence electrons. The molecule has 3 N–H and O–H groups in total. The summed E-state index contributed by atoms with van der Waals surface area (Å²) in [7, 11) is 0. The maximum absolute atomic E-state index is 6.14. The first-order chi connectivity index (χ1) is 10.3. The summed E-state index contributed by atoms with van der Waals surface area (Å²) in [5, 5.41) is 0. The maximum atomic E-state index is 6.14. The van der Waals surface area contributed by atoms with E-state index in [1.807, 2.05) is 6.07 Å². The largest absolute Gasteiger partial charge is 0.271 e. The van der Waals surface area contributed by atoms with Crippen molar-refractivity contribution in [1.29, 1.82) is 0 Å². The number of nitrogens with one attached hydrogen (secondary N) is 1. The number of halogens is 1. The van der Waals surface area contributed by atoms with E-state index in [9.17, 15) is 0 Å². The van der Waals surface area contributed by atoms with Crippen molar-refractivity contribution in [3.8, 4) is 0 Å². The molecule has 1 aromatic carbocycles. The van der Waals surface area contributed by atoms with Crippen LogP contribution in [0, 0.1) is 0 Å². The molecule has 1 aliphatic rings. The van der Waals surface area contributed by atoms with E-state index in [0.29, 0.717) is 0 Å². The van der Waals surface area contributed by atoms with Crippen molar-refractivity contribution in [2.45, 2.75) is 43.6 Å². The van der Waals surface area contributed by atoms with Gasteiger partial charge in [0.1, 0.15) is 0 Å². The summed E-state index contributed by atoms with van der Waals surface area (Å²) >= 11 is 7.77. The molecule has 2 nitrogen and oxygen atoms in total. The van der Waals surface area contributed by atoms with Crippen LogP contribution in [0.4, 0.5) is 0 Å². The van der Waals surface area contributed by atoms with Gasteiger partial charge in [-0.05, 0) is 30.5 Å². The molecule has 0 spiro atoms. The highest BCUT2D eigenvalue weighted by atomic mass is 35.5. The normalized spacial score (nSPS) is 19.3. The fraction of sp³-hybridized carbons (Fsp3) is 0.412. The summed E-state index contributed by atoms with van der Waals surface area (Å²) in [6.07, 6.45) is 6.16. The minimum atomic E-state index is 0.0719. The van der Waals surface area contributed by atoms with Crippen LogP contribution in [-0.4, -0.2) is 0 Å². The molecule has 1 aromatic heterocycles. The minimum Gasteiger partial charge on any atom is -0.271 e. The number of thiophene rings is 1. The molecule has 0 aliphatic heterocycles. The van der Waals surface area contributed by atoms with Crippen LogP contribution in [0.3, 0.4) is 0 Å². The molecule has 0 bridgehead atoms. The summed E-state index contributed by atoms with van der Waals surface area (Å²) in [6.45, 7) is 0. The number of nitrogens with two attached hydrogens (primary N) is 1. The van der Waals surface area contributed by atoms with Crippen molar-refractivity contribution >= 4 is 22.9 Å². The Bertz CT molecular complexity index is 575. The fourth-order valence-corrected chi connectivity index (χ4v) is 4.93. The highest BCUT2D eigenvalue weighted by molar-refractivity contribution is 7.16. The Hall–Kier alpha value is -0.870. The quantitative estimate of drug-likeness (QED) is 0.627. The van der Waals surface area contributed by atoms with Gasteiger partial charge in [-0.1, -0.05) is 61.2 Å². The zero-order valence-corrected chi connectivity index (χ0v) is 13.6. The second-order valence-corrected chi connectivity index (χ2v) is 7.57. The van der Waals surface area contributed by atoms with E-state index in [1.54, 1.807) is 11.3 Å². The van der Waals surface area contributed by atoms with Gasteiger partial charge in [0.15, 0.2) is 0 Å². The van der Waals surface area contributed by atoms with Crippen LogP contribution in [-0.2, 0) is 5.41 Å². The first-order valence-corrected chi connectivity index (χ1v) is 8.72. The molecule has 1 atom stereocenters. The van der Waals surface area contributed by atoms with Crippen molar-refractivity contribution in [3.63, 3.8) is 0 Å². The molecular weight excluding hydrogens is 300 g/mol. The average molecular weight is 321 g/mol. The van der Waals surface area contributed by atoms with Gasteiger partial charge < -0.3 is 0 Å². The Morgan fingerprint density at radius 3 is 2.33 bits per heavy atom. The highest BCUT2D eigenvalue weighted by Crippen LogP contribution is 2.49. The Kier molecular flexibility index (Phi) is 4.65. The van der Waals surface area contributed by atoms with E-state index < -0.39 is 0 Å². The van der Waals surface area contributed by atoms with Gasteiger partial charge in [-0.2, -0.15) is 0 Å². The third-order valence-electron chi connectivity index (χ3n) is 4.69. The lowest BCUT2D eigenvalue weighted by Gasteiger charge is -2.43. The van der Waals surface area contributed by atoms with E-state index in [-0.39, 0.29) is 11.5 Å². The number of benzene rings is 1. The molecule has 0 saturated heterocycles. The molecule has 1 saturated carbocycles. The maximum Gasteiger partial charge on any atom is 0.0931 e. The lowest BCUT2D eigenvalue weighted by Crippen LogP contribution is -2.45. The average Bonchev–Trinajstić information content (AvgIpc) is 2.96. The van der Waals surface area contributed by atoms with Crippen LogP contribution in [0.15, 0.2) is 42.5 Å². The van der Waals surface area contributed by atoms with Crippen molar-refractivity contribution in [2.75, 3.05) is 0 Å². The van der Waals surface area contributed by atoms with Gasteiger partial charge >= 0.3 is 0 Å². The van der Waals surface area contributed by atoms with Crippen molar-refractivity contribution in [3.05, 3.63) is 57.2 Å². The minimum absolute atomic E-state index is 0.0719. The number of hydrogen-bond donors (Lipinski definition) is 2. The Morgan fingerprint density at radius 1 is 1.05 bits per heavy atom. The molecule has 1 unspecified atom stereocenters. The zero-order chi connectivity index (χ0) is 14.7. The van der Waals surface area contributed by atoms with Gasteiger partial charge in [0.05, 0.1) is 10.4 Å². The first-order valence-electron chi connectivity index (χ1n) is 7.53. The SMILES string of the molecule is NNC(c1ccc(Cl)s1)C1(c2ccccc2)CCCCC1. The van der Waals surface area contributed by atoms with Gasteiger partial charge in [-0.15, -0.1) is 11.3 Å². The van der Waals surface area contributed by atoms with Gasteiger partial charge in [-0.3, -0.25) is 11.3 Å². The fourth-order valence-electron chi connectivity index (χ4n) is 3.69. The molecule has 3 rings (SSSR count). The number of hydrogen-bond acceptors (Lipinski definition) is 3. The molecule has 4 heteroatoms. The number of rotatable bonds is 4. The molecule has 21 heavy (non-hydrogen) atoms. The smallest absolute Gasteiger partial charge is 0.0931 e. The summed E-state index contributed by atoms with van der Waals surface area (Å²) in [6, 6.07) is 15.0. The van der Waals surface area contributed by atoms with Crippen LogP contribution >= 0.6 is 22.9 Å². The molecule has 0 amide bonds. The molecule has 0 radical (unpaired) electrons. The first kappa shape index (κ1) is 15.0. The molecular formula is C17H21ClN2S. The van der Waals surface area contributed by atoms with Gasteiger partial charge in [-0.25, -0.2) is 0 Å². The van der Waals surface area contributed by atoms with Gasteiger partial charge in [0.25, 0.3) is 0 Å². The third kappa shape index (κ3) is 2.88. The zero-order valence-electron chi connectivity index (χ0n) is 12.0. The summed E-state index contributed by atoms with van der Waals surface area (Å²) in [5.74, 6) is 5.98. The van der Waals surface area contributed by atoms with Crippen LogP contribution in [0.25, 0.3) is 0 Å². The van der Waals surface area contributed by atoms with E-state index >= 15 is 0 Å². The molecule has 1 aliphatic carbocycles. The van der Waals surface area contributed by atoms with Crippen molar-refractivity contribution < 1.29 is 0 Å². The van der Waals surface area contributed by atoms with Crippen LogP contribution < -0.4 is 11.3 Å². The Balaban J connectivity index is 2.05.